The number of hydrogen-bond acceptors (Lipinski definition) is 5. The average molecular weight is 329 g/mol. The predicted octanol–water partition coefficient (Wildman–Crippen LogP) is 1.39. The minimum atomic E-state index is -0.0530. The first-order valence-corrected chi connectivity index (χ1v) is 8.07. The number of aromatic nitrogens is 4. The highest BCUT2D eigenvalue weighted by molar-refractivity contribution is 5.89. The van der Waals surface area contributed by atoms with Gasteiger partial charge >= 0.3 is 6.03 Å². The SMILES string of the molecule is Cc1ccc(NC(=O)N2CC[C@@H](CN(C)C)C2)cc1-n1cnnn1. The van der Waals surface area contributed by atoms with Gasteiger partial charge in [0.15, 0.2) is 0 Å². The summed E-state index contributed by atoms with van der Waals surface area (Å²) in [5.74, 6) is 0.542. The van der Waals surface area contributed by atoms with E-state index in [0.717, 1.165) is 43.0 Å². The van der Waals surface area contributed by atoms with Crippen LogP contribution in [0, 0.1) is 12.8 Å². The molecule has 1 aromatic carbocycles. The van der Waals surface area contributed by atoms with E-state index in [2.05, 4.69) is 39.8 Å². The topological polar surface area (TPSA) is 79.2 Å². The summed E-state index contributed by atoms with van der Waals surface area (Å²) in [5, 5.41) is 14.2. The summed E-state index contributed by atoms with van der Waals surface area (Å²) in [6, 6.07) is 5.68. The second-order valence-corrected chi connectivity index (χ2v) is 6.55. The number of urea groups is 1. The molecule has 2 aromatic rings. The van der Waals surface area contributed by atoms with E-state index >= 15 is 0 Å². The molecule has 3 rings (SSSR count). The third-order valence-electron chi connectivity index (χ3n) is 4.25. The van der Waals surface area contributed by atoms with Gasteiger partial charge in [-0.05, 0) is 61.5 Å². The van der Waals surface area contributed by atoms with Gasteiger partial charge in [0.25, 0.3) is 0 Å². The number of nitrogens with one attached hydrogen (secondary N) is 1. The number of amides is 2. The van der Waals surface area contributed by atoms with E-state index in [1.807, 2.05) is 30.0 Å². The molecular weight excluding hydrogens is 306 g/mol. The molecule has 1 aliphatic rings. The van der Waals surface area contributed by atoms with Gasteiger partial charge in [-0.1, -0.05) is 6.07 Å². The van der Waals surface area contributed by atoms with Gasteiger partial charge in [0.2, 0.25) is 0 Å². The summed E-state index contributed by atoms with van der Waals surface area (Å²) in [6.45, 7) is 4.60. The maximum Gasteiger partial charge on any atom is 0.321 e. The Hall–Kier alpha value is -2.48. The van der Waals surface area contributed by atoms with E-state index in [-0.39, 0.29) is 6.03 Å². The van der Waals surface area contributed by atoms with Gasteiger partial charge in [-0.2, -0.15) is 0 Å². The molecule has 0 unspecified atom stereocenters. The molecule has 0 aliphatic carbocycles. The number of rotatable bonds is 4. The number of carbonyl (C=O) groups excluding carboxylic acids is 1. The van der Waals surface area contributed by atoms with Crippen molar-refractivity contribution in [1.82, 2.24) is 30.0 Å². The molecule has 128 valence electrons. The highest BCUT2D eigenvalue weighted by Crippen LogP contribution is 2.21. The van der Waals surface area contributed by atoms with Gasteiger partial charge in [-0.15, -0.1) is 5.10 Å². The number of nitrogens with zero attached hydrogens (tertiary/aromatic N) is 6. The Kier molecular flexibility index (Phi) is 4.75. The predicted molar refractivity (Wildman–Crippen MR) is 91.1 cm³/mol. The smallest absolute Gasteiger partial charge is 0.321 e. The Bertz CT molecular complexity index is 698. The molecule has 2 amide bonds. The van der Waals surface area contributed by atoms with E-state index in [0.29, 0.717) is 5.92 Å². The van der Waals surface area contributed by atoms with E-state index in [1.165, 1.54) is 0 Å². The average Bonchev–Trinajstić information content (AvgIpc) is 3.20. The first-order chi connectivity index (χ1) is 11.5. The Morgan fingerprint density at radius 2 is 2.25 bits per heavy atom. The van der Waals surface area contributed by atoms with Crippen LogP contribution in [0.3, 0.4) is 0 Å². The van der Waals surface area contributed by atoms with Crippen molar-refractivity contribution < 1.29 is 4.79 Å². The minimum absolute atomic E-state index is 0.0530. The Labute approximate surface area is 141 Å². The van der Waals surface area contributed by atoms with E-state index in [4.69, 9.17) is 0 Å². The van der Waals surface area contributed by atoms with Gasteiger partial charge in [0.05, 0.1) is 5.69 Å². The molecular formula is C16H23N7O. The first kappa shape index (κ1) is 16.4. The lowest BCUT2D eigenvalue weighted by Crippen LogP contribution is -2.34. The normalized spacial score (nSPS) is 17.5. The monoisotopic (exact) mass is 329 g/mol. The number of tetrazole rings is 1. The lowest BCUT2D eigenvalue weighted by atomic mass is 10.1. The van der Waals surface area contributed by atoms with Crippen molar-refractivity contribution in [2.75, 3.05) is 39.0 Å². The minimum Gasteiger partial charge on any atom is -0.324 e. The van der Waals surface area contributed by atoms with Crippen molar-refractivity contribution >= 4 is 11.7 Å². The molecule has 8 nitrogen and oxygen atoms in total. The summed E-state index contributed by atoms with van der Waals surface area (Å²) >= 11 is 0. The number of hydrogen-bond donors (Lipinski definition) is 1. The largest absolute Gasteiger partial charge is 0.324 e. The summed E-state index contributed by atoms with van der Waals surface area (Å²) in [6.07, 6.45) is 2.59. The molecule has 1 fully saturated rings. The van der Waals surface area contributed by atoms with Gasteiger partial charge in [0, 0.05) is 25.3 Å². The van der Waals surface area contributed by atoms with Crippen LogP contribution < -0.4 is 5.32 Å². The molecule has 2 heterocycles. The van der Waals surface area contributed by atoms with Crippen LogP contribution in [0.25, 0.3) is 5.69 Å². The van der Waals surface area contributed by atoms with Gasteiger partial charge in [-0.25, -0.2) is 9.48 Å². The van der Waals surface area contributed by atoms with E-state index < -0.39 is 0 Å². The maximum atomic E-state index is 12.5. The lowest BCUT2D eigenvalue weighted by Gasteiger charge is -2.19. The Morgan fingerprint density at radius 3 is 2.96 bits per heavy atom. The second kappa shape index (κ2) is 6.96. The van der Waals surface area contributed by atoms with Crippen LogP contribution in [-0.2, 0) is 0 Å². The Morgan fingerprint density at radius 1 is 1.42 bits per heavy atom. The summed E-state index contributed by atoms with van der Waals surface area (Å²) in [4.78, 5) is 16.5. The Balaban J connectivity index is 1.66. The van der Waals surface area contributed by atoms with E-state index in [9.17, 15) is 4.79 Å². The molecule has 0 radical (unpaired) electrons. The molecule has 1 aliphatic heterocycles. The van der Waals surface area contributed by atoms with Crippen LogP contribution in [0.4, 0.5) is 10.5 Å². The van der Waals surface area contributed by atoms with Crippen molar-refractivity contribution in [3.05, 3.63) is 30.1 Å². The molecule has 1 aromatic heterocycles. The zero-order valence-electron chi connectivity index (χ0n) is 14.3. The third-order valence-corrected chi connectivity index (χ3v) is 4.25. The molecule has 24 heavy (non-hydrogen) atoms. The van der Waals surface area contributed by atoms with Crippen molar-refractivity contribution in [3.63, 3.8) is 0 Å². The van der Waals surface area contributed by atoms with Crippen molar-refractivity contribution in [2.24, 2.45) is 5.92 Å². The molecule has 0 bridgehead atoms. The number of anilines is 1. The van der Waals surface area contributed by atoms with Crippen molar-refractivity contribution in [1.29, 1.82) is 0 Å². The number of likely N-dealkylation sites (tertiary alicyclic amines) is 1. The molecule has 8 heteroatoms. The highest BCUT2D eigenvalue weighted by atomic mass is 16.2. The number of aryl methyl sites for hydroxylation is 1. The zero-order valence-corrected chi connectivity index (χ0v) is 14.3. The van der Waals surface area contributed by atoms with Crippen LogP contribution in [0.1, 0.15) is 12.0 Å². The molecule has 1 atom stereocenters. The molecule has 1 N–H and O–H groups in total. The van der Waals surface area contributed by atoms with Crippen LogP contribution in [0.15, 0.2) is 24.5 Å². The highest BCUT2D eigenvalue weighted by Gasteiger charge is 2.26. The van der Waals surface area contributed by atoms with Gasteiger partial charge in [0.1, 0.15) is 6.33 Å². The van der Waals surface area contributed by atoms with Gasteiger partial charge < -0.3 is 15.1 Å². The van der Waals surface area contributed by atoms with Crippen molar-refractivity contribution in [3.8, 4) is 5.69 Å². The van der Waals surface area contributed by atoms with Crippen LogP contribution in [-0.4, -0.2) is 69.8 Å². The fraction of sp³-hybridized carbons (Fsp3) is 0.500. The fourth-order valence-corrected chi connectivity index (χ4v) is 3.09. The van der Waals surface area contributed by atoms with Gasteiger partial charge in [-0.3, -0.25) is 0 Å². The molecule has 1 saturated heterocycles. The lowest BCUT2D eigenvalue weighted by molar-refractivity contribution is 0.219. The number of benzene rings is 1. The molecule has 0 saturated carbocycles. The summed E-state index contributed by atoms with van der Waals surface area (Å²) in [5.41, 5.74) is 2.63. The maximum absolute atomic E-state index is 12.5. The molecule has 0 spiro atoms. The van der Waals surface area contributed by atoms with Crippen LogP contribution in [0.5, 0.6) is 0 Å². The van der Waals surface area contributed by atoms with Crippen LogP contribution >= 0.6 is 0 Å². The number of carbonyl (C=O) groups is 1. The first-order valence-electron chi connectivity index (χ1n) is 8.07. The standard InChI is InChI=1S/C16H23N7O/c1-12-4-5-14(8-15(12)23-11-17-19-20-23)18-16(24)22-7-6-13(10-22)9-21(2)3/h4-5,8,11,13H,6-7,9-10H2,1-3H3,(H,18,24)/t13-/m0/s1. The summed E-state index contributed by atoms with van der Waals surface area (Å²) in [7, 11) is 4.13. The second-order valence-electron chi connectivity index (χ2n) is 6.55. The van der Waals surface area contributed by atoms with Crippen LogP contribution in [0.2, 0.25) is 0 Å². The zero-order chi connectivity index (χ0) is 17.1. The quantitative estimate of drug-likeness (QED) is 0.917. The fourth-order valence-electron chi connectivity index (χ4n) is 3.09. The van der Waals surface area contributed by atoms with E-state index in [1.54, 1.807) is 11.0 Å². The van der Waals surface area contributed by atoms with Crippen molar-refractivity contribution in [2.45, 2.75) is 13.3 Å². The third kappa shape index (κ3) is 3.70. The summed E-state index contributed by atoms with van der Waals surface area (Å²) < 4.78 is 1.59.